The normalized spacial score (nSPS) is 15.9. The van der Waals surface area contributed by atoms with Crippen molar-refractivity contribution in [1.29, 1.82) is 0 Å². The molecule has 1 saturated heterocycles. The van der Waals surface area contributed by atoms with Crippen LogP contribution in [-0.2, 0) is 9.53 Å². The maximum Gasteiger partial charge on any atom is 0.258 e. The molecule has 6 heteroatoms. The van der Waals surface area contributed by atoms with Crippen LogP contribution >= 0.6 is 15.9 Å². The van der Waals surface area contributed by atoms with Crippen LogP contribution in [0.15, 0.2) is 53.0 Å². The summed E-state index contributed by atoms with van der Waals surface area (Å²) in [5.74, 6) is 0.536. The third-order valence-corrected chi connectivity index (χ3v) is 5.02. The highest BCUT2D eigenvalue weighted by atomic mass is 79.9. The van der Waals surface area contributed by atoms with Crippen LogP contribution in [0, 0.1) is 6.92 Å². The van der Waals surface area contributed by atoms with E-state index in [9.17, 15) is 4.79 Å². The van der Waals surface area contributed by atoms with Gasteiger partial charge in [-0.05, 0) is 30.7 Å². The molecule has 1 atom stereocenters. The number of ether oxygens (including phenoxy) is 2. The van der Waals surface area contributed by atoms with Crippen molar-refractivity contribution in [3.63, 3.8) is 0 Å². The van der Waals surface area contributed by atoms with Gasteiger partial charge in [0.2, 0.25) is 0 Å². The quantitative estimate of drug-likeness (QED) is 0.728. The summed E-state index contributed by atoms with van der Waals surface area (Å²) in [5, 5.41) is 3.13. The molecule has 1 aliphatic heterocycles. The van der Waals surface area contributed by atoms with E-state index in [4.69, 9.17) is 9.47 Å². The van der Waals surface area contributed by atoms with Crippen molar-refractivity contribution in [3.05, 3.63) is 64.1 Å². The van der Waals surface area contributed by atoms with Crippen LogP contribution in [0.3, 0.4) is 0 Å². The Bertz CT molecular complexity index is 745. The van der Waals surface area contributed by atoms with E-state index in [0.717, 1.165) is 42.9 Å². The number of hydrogen-bond acceptors (Lipinski definition) is 4. The summed E-state index contributed by atoms with van der Waals surface area (Å²) in [7, 11) is 0. The Balaban J connectivity index is 1.62. The molecule has 1 N–H and O–H groups in total. The first-order valence-corrected chi connectivity index (χ1v) is 9.94. The highest BCUT2D eigenvalue weighted by Crippen LogP contribution is 2.19. The smallest absolute Gasteiger partial charge is 0.258 e. The van der Waals surface area contributed by atoms with Crippen LogP contribution in [0.25, 0.3) is 0 Å². The monoisotopic (exact) mass is 432 g/mol. The Morgan fingerprint density at radius 3 is 2.67 bits per heavy atom. The molecule has 0 radical (unpaired) electrons. The molecule has 1 heterocycles. The molecule has 0 aliphatic carbocycles. The molecule has 0 saturated carbocycles. The topological polar surface area (TPSA) is 50.8 Å². The van der Waals surface area contributed by atoms with Gasteiger partial charge in [-0.3, -0.25) is 9.69 Å². The van der Waals surface area contributed by atoms with Gasteiger partial charge in [0.15, 0.2) is 6.61 Å². The molecule has 1 fully saturated rings. The average molecular weight is 433 g/mol. The standard InChI is InChI=1S/C21H25BrN2O3/c1-16-5-7-17(8-6-16)20(14-24-9-11-26-12-10-24)23-21(25)15-27-19-4-2-3-18(22)13-19/h2-8,13,20H,9-12,14-15H2,1H3,(H,23,25). The lowest BCUT2D eigenvalue weighted by Gasteiger charge is -2.31. The second-order valence-electron chi connectivity index (χ2n) is 6.69. The number of morpholine rings is 1. The molecule has 0 aromatic heterocycles. The van der Waals surface area contributed by atoms with E-state index in [1.807, 2.05) is 24.3 Å². The molecule has 1 aliphatic rings. The third-order valence-electron chi connectivity index (χ3n) is 4.53. The number of hydrogen-bond donors (Lipinski definition) is 1. The number of halogens is 1. The van der Waals surface area contributed by atoms with Gasteiger partial charge in [-0.1, -0.05) is 51.8 Å². The summed E-state index contributed by atoms with van der Waals surface area (Å²) in [6, 6.07) is 15.7. The van der Waals surface area contributed by atoms with E-state index < -0.39 is 0 Å². The van der Waals surface area contributed by atoms with Gasteiger partial charge in [0.25, 0.3) is 5.91 Å². The Kier molecular flexibility index (Phi) is 7.26. The molecule has 5 nitrogen and oxygen atoms in total. The van der Waals surface area contributed by atoms with Crippen LogP contribution in [-0.4, -0.2) is 50.3 Å². The van der Waals surface area contributed by atoms with Gasteiger partial charge in [0, 0.05) is 24.1 Å². The molecular formula is C21H25BrN2O3. The predicted molar refractivity (Wildman–Crippen MR) is 109 cm³/mol. The zero-order valence-electron chi connectivity index (χ0n) is 15.5. The number of carbonyl (C=O) groups is 1. The first-order chi connectivity index (χ1) is 13.1. The largest absolute Gasteiger partial charge is 0.484 e. The first-order valence-electron chi connectivity index (χ1n) is 9.14. The van der Waals surface area contributed by atoms with Crippen LogP contribution in [0.1, 0.15) is 17.2 Å². The third kappa shape index (κ3) is 6.34. The first kappa shape index (κ1) is 19.9. The Labute approximate surface area is 168 Å². The summed E-state index contributed by atoms with van der Waals surface area (Å²) in [6.07, 6.45) is 0. The number of rotatable bonds is 7. The second kappa shape index (κ2) is 9.88. The minimum Gasteiger partial charge on any atom is -0.484 e. The van der Waals surface area contributed by atoms with Crippen LogP contribution < -0.4 is 10.1 Å². The zero-order chi connectivity index (χ0) is 19.1. The van der Waals surface area contributed by atoms with Crippen molar-refractivity contribution >= 4 is 21.8 Å². The Hall–Kier alpha value is -1.89. The maximum atomic E-state index is 12.5. The number of aryl methyl sites for hydroxylation is 1. The second-order valence-corrected chi connectivity index (χ2v) is 7.61. The zero-order valence-corrected chi connectivity index (χ0v) is 17.1. The van der Waals surface area contributed by atoms with Crippen LogP contribution in [0.5, 0.6) is 5.75 Å². The van der Waals surface area contributed by atoms with Crippen molar-refractivity contribution < 1.29 is 14.3 Å². The summed E-state index contributed by atoms with van der Waals surface area (Å²) in [6.45, 7) is 6.04. The minimum absolute atomic E-state index is 0.0120. The van der Waals surface area contributed by atoms with E-state index in [1.54, 1.807) is 0 Å². The molecule has 144 valence electrons. The lowest BCUT2D eigenvalue weighted by molar-refractivity contribution is -0.124. The molecule has 0 bridgehead atoms. The average Bonchev–Trinajstić information content (AvgIpc) is 2.67. The van der Waals surface area contributed by atoms with Crippen LogP contribution in [0.4, 0.5) is 0 Å². The number of nitrogens with zero attached hydrogens (tertiary/aromatic N) is 1. The lowest BCUT2D eigenvalue weighted by atomic mass is 10.0. The molecule has 2 aromatic rings. The fourth-order valence-corrected chi connectivity index (χ4v) is 3.39. The molecule has 3 rings (SSSR count). The number of amides is 1. The van der Waals surface area contributed by atoms with Gasteiger partial charge in [-0.25, -0.2) is 0 Å². The predicted octanol–water partition coefficient (Wildman–Crippen LogP) is 3.33. The lowest BCUT2D eigenvalue weighted by Crippen LogP contribution is -2.44. The molecule has 1 amide bonds. The SMILES string of the molecule is Cc1ccc(C(CN2CCOCC2)NC(=O)COc2cccc(Br)c2)cc1. The number of carbonyl (C=O) groups excluding carboxylic acids is 1. The molecule has 2 aromatic carbocycles. The van der Waals surface area contributed by atoms with E-state index in [2.05, 4.69) is 57.3 Å². The van der Waals surface area contributed by atoms with E-state index >= 15 is 0 Å². The molecular weight excluding hydrogens is 408 g/mol. The Morgan fingerprint density at radius 1 is 1.22 bits per heavy atom. The molecule has 0 spiro atoms. The number of nitrogens with one attached hydrogen (secondary N) is 1. The fraction of sp³-hybridized carbons (Fsp3) is 0.381. The van der Waals surface area contributed by atoms with Crippen molar-refractivity contribution in [2.75, 3.05) is 39.5 Å². The van der Waals surface area contributed by atoms with E-state index in [0.29, 0.717) is 5.75 Å². The van der Waals surface area contributed by atoms with Crippen molar-refractivity contribution in [2.24, 2.45) is 0 Å². The summed E-state index contributed by atoms with van der Waals surface area (Å²) in [5.41, 5.74) is 2.30. The van der Waals surface area contributed by atoms with Crippen molar-refractivity contribution in [2.45, 2.75) is 13.0 Å². The summed E-state index contributed by atoms with van der Waals surface area (Å²) >= 11 is 3.40. The summed E-state index contributed by atoms with van der Waals surface area (Å²) in [4.78, 5) is 14.8. The van der Waals surface area contributed by atoms with Gasteiger partial charge >= 0.3 is 0 Å². The van der Waals surface area contributed by atoms with Crippen molar-refractivity contribution in [3.8, 4) is 5.75 Å². The molecule has 27 heavy (non-hydrogen) atoms. The fourth-order valence-electron chi connectivity index (χ4n) is 3.02. The van der Waals surface area contributed by atoms with Gasteiger partial charge < -0.3 is 14.8 Å². The van der Waals surface area contributed by atoms with E-state index in [1.165, 1.54) is 5.56 Å². The number of benzene rings is 2. The highest BCUT2D eigenvalue weighted by Gasteiger charge is 2.20. The maximum absolute atomic E-state index is 12.5. The highest BCUT2D eigenvalue weighted by molar-refractivity contribution is 9.10. The van der Waals surface area contributed by atoms with Crippen LogP contribution in [0.2, 0.25) is 0 Å². The van der Waals surface area contributed by atoms with Gasteiger partial charge in [-0.15, -0.1) is 0 Å². The van der Waals surface area contributed by atoms with Crippen molar-refractivity contribution in [1.82, 2.24) is 10.2 Å². The van der Waals surface area contributed by atoms with Gasteiger partial charge in [-0.2, -0.15) is 0 Å². The Morgan fingerprint density at radius 2 is 1.96 bits per heavy atom. The van der Waals surface area contributed by atoms with Gasteiger partial charge in [0.05, 0.1) is 19.3 Å². The van der Waals surface area contributed by atoms with Gasteiger partial charge in [0.1, 0.15) is 5.75 Å². The molecule has 1 unspecified atom stereocenters. The van der Waals surface area contributed by atoms with E-state index in [-0.39, 0.29) is 18.6 Å². The summed E-state index contributed by atoms with van der Waals surface area (Å²) < 4.78 is 12.0. The minimum atomic E-state index is -0.131.